The fraction of sp³-hybridized carbons (Fsp3) is 0.500. The van der Waals surface area contributed by atoms with Crippen LogP contribution < -0.4 is 10.6 Å². The predicted molar refractivity (Wildman–Crippen MR) is 260 cm³/mol. The molecule has 3 aromatic carbocycles. The van der Waals surface area contributed by atoms with Crippen LogP contribution >= 0.6 is 0 Å². The monoisotopic (exact) mass is 886 g/mol. The van der Waals surface area contributed by atoms with E-state index in [4.69, 9.17) is 19.3 Å². The minimum Gasteiger partial charge on any atom is -0.457 e. The van der Waals surface area contributed by atoms with Crippen molar-refractivity contribution in [1.29, 1.82) is 0 Å². The summed E-state index contributed by atoms with van der Waals surface area (Å²) in [5.41, 5.74) is 6.58. The van der Waals surface area contributed by atoms with Crippen molar-refractivity contribution in [3.8, 4) is 33.9 Å². The van der Waals surface area contributed by atoms with Crippen molar-refractivity contribution < 1.29 is 28.7 Å². The van der Waals surface area contributed by atoms with E-state index in [1.54, 1.807) is 12.2 Å². The van der Waals surface area contributed by atoms with E-state index in [9.17, 15) is 14.4 Å². The largest absolute Gasteiger partial charge is 0.457 e. The van der Waals surface area contributed by atoms with Crippen molar-refractivity contribution >= 4 is 29.6 Å². The lowest BCUT2D eigenvalue weighted by molar-refractivity contribution is -0.166. The van der Waals surface area contributed by atoms with Crippen LogP contribution in [0.3, 0.4) is 0 Å². The average molecular weight is 886 g/mol. The average Bonchev–Trinajstić information content (AvgIpc) is 4.12. The number of rotatable bonds is 25. The Hall–Kier alpha value is -5.55. The normalized spacial score (nSPS) is 16.1. The number of esters is 1. The first-order valence-corrected chi connectivity index (χ1v) is 24.3. The molecule has 0 spiro atoms. The van der Waals surface area contributed by atoms with E-state index >= 15 is 0 Å². The Bertz CT molecular complexity index is 2160. The molecule has 1 fully saturated rings. The highest BCUT2D eigenvalue weighted by atomic mass is 16.7. The van der Waals surface area contributed by atoms with Crippen molar-refractivity contribution in [1.82, 2.24) is 20.6 Å². The Morgan fingerprint density at radius 3 is 1.97 bits per heavy atom. The smallest absolute Gasteiger partial charge is 0.351 e. The Kier molecular flexibility index (Phi) is 19.0. The van der Waals surface area contributed by atoms with E-state index in [0.717, 1.165) is 71.5 Å². The second-order valence-electron chi connectivity index (χ2n) is 18.5. The number of amides is 2. The van der Waals surface area contributed by atoms with E-state index in [-0.39, 0.29) is 17.9 Å². The van der Waals surface area contributed by atoms with Gasteiger partial charge in [-0.05, 0) is 69.4 Å². The number of unbranched alkanes of at least 4 members (excludes halogenated alkanes) is 13. The molecule has 0 aliphatic carbocycles. The van der Waals surface area contributed by atoms with Crippen LogP contribution in [-0.4, -0.2) is 71.0 Å². The van der Waals surface area contributed by atoms with Gasteiger partial charge in [-0.15, -0.1) is 0 Å². The van der Waals surface area contributed by atoms with Gasteiger partial charge in [-0.3, -0.25) is 9.59 Å². The van der Waals surface area contributed by atoms with Gasteiger partial charge in [0.05, 0.1) is 23.2 Å². The molecule has 348 valence electrons. The highest BCUT2D eigenvalue weighted by Crippen LogP contribution is 2.34. The number of aromatic amines is 1. The topological polar surface area (TPSA) is 144 Å². The minimum absolute atomic E-state index is 0.0729. The van der Waals surface area contributed by atoms with Gasteiger partial charge in [0.15, 0.2) is 0 Å². The zero-order chi connectivity index (χ0) is 45.9. The van der Waals surface area contributed by atoms with Gasteiger partial charge in [-0.1, -0.05) is 156 Å². The van der Waals surface area contributed by atoms with E-state index in [1.165, 1.54) is 77.0 Å². The van der Waals surface area contributed by atoms with Crippen LogP contribution in [0.2, 0.25) is 0 Å². The number of ether oxygens (including phenoxy) is 2. The third-order valence-electron chi connectivity index (χ3n) is 11.9. The lowest BCUT2D eigenvalue weighted by Gasteiger charge is -2.20. The predicted octanol–water partition coefficient (Wildman–Crippen LogP) is 11.8. The summed E-state index contributed by atoms with van der Waals surface area (Å²) in [5, 5.41) is 10.2. The number of benzene rings is 3. The standard InChI is InChI=1S/C54H71N5O6/c1-5-6-7-8-9-10-11-12-13-14-15-16-17-18-35-55-52(61)44-32-30-43(31-33-44)51-57-49(41-24-21-39(22-25-41)23-34-48(60)56-38-45-20-19-36-63-45)50(58-51)42-28-26-40(27-29-42)46-37-47(65-59-46)53(62)64-54(2,3)4/h21-34,45,47H,5-20,35-38H2,1-4H3,(H,55,61)(H,56,60)(H,57,58)/b34-23+. The fourth-order valence-electron chi connectivity index (χ4n) is 8.20. The molecule has 3 heterocycles. The van der Waals surface area contributed by atoms with E-state index in [1.807, 2.05) is 93.6 Å². The number of carbonyl (C=O) groups is 3. The van der Waals surface area contributed by atoms with Gasteiger partial charge in [-0.2, -0.15) is 0 Å². The van der Waals surface area contributed by atoms with E-state index in [0.29, 0.717) is 36.6 Å². The number of nitrogens with zero attached hydrogens (tertiary/aromatic N) is 2. The third kappa shape index (κ3) is 15.8. The molecular weight excluding hydrogens is 815 g/mol. The van der Waals surface area contributed by atoms with Gasteiger partial charge >= 0.3 is 5.97 Å². The summed E-state index contributed by atoms with van der Waals surface area (Å²) < 4.78 is 11.1. The molecule has 2 unspecified atom stereocenters. The van der Waals surface area contributed by atoms with Gasteiger partial charge in [0.25, 0.3) is 5.91 Å². The zero-order valence-corrected chi connectivity index (χ0v) is 39.2. The molecular formula is C54H71N5O6. The summed E-state index contributed by atoms with van der Waals surface area (Å²) in [7, 11) is 0. The van der Waals surface area contributed by atoms with E-state index in [2.05, 4.69) is 27.7 Å². The Morgan fingerprint density at radius 2 is 1.35 bits per heavy atom. The summed E-state index contributed by atoms with van der Waals surface area (Å²) >= 11 is 0. The number of hydrogen-bond donors (Lipinski definition) is 3. The van der Waals surface area contributed by atoms with E-state index < -0.39 is 17.7 Å². The molecule has 1 aromatic heterocycles. The van der Waals surface area contributed by atoms with Crippen molar-refractivity contribution in [2.45, 2.75) is 155 Å². The molecule has 11 heteroatoms. The SMILES string of the molecule is CCCCCCCCCCCCCCCCNC(=O)c1ccc(-c2nc(-c3ccc(C4=NOC(C(=O)OC(C)(C)C)C4)cc3)c(-c3ccc(/C=C/C(=O)NCC4CCCO4)cc3)[nH]2)cc1. The lowest BCUT2D eigenvalue weighted by Crippen LogP contribution is -2.32. The van der Waals surface area contributed by atoms with Crippen LogP contribution in [0.1, 0.15) is 158 Å². The van der Waals surface area contributed by atoms with Crippen LogP contribution in [0.4, 0.5) is 0 Å². The van der Waals surface area contributed by atoms with Gasteiger partial charge < -0.3 is 29.9 Å². The lowest BCUT2D eigenvalue weighted by atomic mass is 10.00. The first-order chi connectivity index (χ1) is 31.6. The third-order valence-corrected chi connectivity index (χ3v) is 11.9. The molecule has 65 heavy (non-hydrogen) atoms. The van der Waals surface area contributed by atoms with Crippen LogP contribution in [0, 0.1) is 0 Å². The molecule has 6 rings (SSSR count). The fourth-order valence-corrected chi connectivity index (χ4v) is 8.20. The first kappa shape index (κ1) is 48.9. The number of oxime groups is 1. The summed E-state index contributed by atoms with van der Waals surface area (Å²) in [6.45, 7) is 9.68. The van der Waals surface area contributed by atoms with Crippen molar-refractivity contribution in [2.24, 2.45) is 5.16 Å². The Morgan fingerprint density at radius 1 is 0.754 bits per heavy atom. The number of aromatic nitrogens is 2. The second-order valence-corrected chi connectivity index (χ2v) is 18.5. The Balaban J connectivity index is 1.06. The molecule has 0 saturated carbocycles. The van der Waals surface area contributed by atoms with Gasteiger partial charge in [-0.25, -0.2) is 9.78 Å². The molecule has 0 radical (unpaired) electrons. The van der Waals surface area contributed by atoms with Gasteiger partial charge in [0.1, 0.15) is 11.4 Å². The van der Waals surface area contributed by atoms with Crippen LogP contribution in [0.15, 0.2) is 84.0 Å². The van der Waals surface area contributed by atoms with Crippen LogP contribution in [-0.2, 0) is 23.9 Å². The number of hydrogen-bond acceptors (Lipinski definition) is 8. The number of carbonyl (C=O) groups excluding carboxylic acids is 3. The number of H-pyrrole nitrogens is 1. The summed E-state index contributed by atoms with van der Waals surface area (Å²) in [4.78, 5) is 52.3. The summed E-state index contributed by atoms with van der Waals surface area (Å²) in [5.74, 6) is -0.00226. The second kappa shape index (κ2) is 25.2. The van der Waals surface area contributed by atoms with Gasteiger partial charge in [0.2, 0.25) is 12.0 Å². The maximum atomic E-state index is 13.1. The Labute approximate surface area is 386 Å². The highest BCUT2D eigenvalue weighted by molar-refractivity contribution is 6.04. The number of nitrogens with one attached hydrogen (secondary N) is 3. The molecule has 0 bridgehead atoms. The van der Waals surface area contributed by atoms with Crippen LogP contribution in [0.25, 0.3) is 40.0 Å². The van der Waals surface area contributed by atoms with Crippen molar-refractivity contribution in [3.05, 3.63) is 95.6 Å². The zero-order valence-electron chi connectivity index (χ0n) is 39.2. The van der Waals surface area contributed by atoms with Crippen molar-refractivity contribution in [3.63, 3.8) is 0 Å². The molecule has 2 amide bonds. The number of imidazole rings is 1. The molecule has 3 N–H and O–H groups in total. The maximum Gasteiger partial charge on any atom is 0.351 e. The molecule has 2 atom stereocenters. The molecule has 4 aromatic rings. The van der Waals surface area contributed by atoms with Crippen LogP contribution in [0.5, 0.6) is 0 Å². The summed E-state index contributed by atoms with van der Waals surface area (Å²) in [6.07, 6.45) is 23.2. The van der Waals surface area contributed by atoms with Crippen molar-refractivity contribution in [2.75, 3.05) is 19.7 Å². The molecule has 11 nitrogen and oxygen atoms in total. The summed E-state index contributed by atoms with van der Waals surface area (Å²) in [6, 6.07) is 23.4. The quantitative estimate of drug-likeness (QED) is 0.0341. The first-order valence-electron chi connectivity index (χ1n) is 24.3. The molecule has 1 saturated heterocycles. The maximum absolute atomic E-state index is 13.1. The highest BCUT2D eigenvalue weighted by Gasteiger charge is 2.33. The van der Waals surface area contributed by atoms with Gasteiger partial charge in [0, 0.05) is 54.4 Å². The minimum atomic E-state index is -0.783. The molecule has 2 aliphatic heterocycles. The molecule has 2 aliphatic rings.